The number of nitrogens with zero attached hydrogens (tertiary/aromatic N) is 1. The molecule has 0 radical (unpaired) electrons. The summed E-state index contributed by atoms with van der Waals surface area (Å²) in [6, 6.07) is 3.67. The molecule has 1 N–H and O–H groups in total. The first kappa shape index (κ1) is 17.5. The lowest BCUT2D eigenvalue weighted by molar-refractivity contribution is 0.0527. The standard InChI is InChI=1S/C17H21ClN2O3/c1-4-23-17(21)14-10-20-15-11(2)8-12(18)9-13(15)16(14)19-6-5-7-22-3/h8-10H,4-7H2,1-3H3,(H,19,20). The number of carbonyl (C=O) groups excluding carboxylic acids is 1. The molecule has 6 heteroatoms. The molecule has 5 nitrogen and oxygen atoms in total. The van der Waals surface area contributed by atoms with E-state index in [1.807, 2.05) is 19.1 Å². The third-order valence-corrected chi connectivity index (χ3v) is 3.67. The molecule has 1 aromatic carbocycles. The topological polar surface area (TPSA) is 60.5 Å². The number of esters is 1. The normalized spacial score (nSPS) is 10.8. The summed E-state index contributed by atoms with van der Waals surface area (Å²) < 4.78 is 10.2. The molecule has 1 aromatic heterocycles. The highest BCUT2D eigenvalue weighted by Gasteiger charge is 2.17. The van der Waals surface area contributed by atoms with Gasteiger partial charge in [-0.1, -0.05) is 11.6 Å². The van der Waals surface area contributed by atoms with Crippen LogP contribution in [0.1, 0.15) is 29.3 Å². The van der Waals surface area contributed by atoms with Crippen LogP contribution in [-0.2, 0) is 9.47 Å². The highest BCUT2D eigenvalue weighted by molar-refractivity contribution is 6.31. The summed E-state index contributed by atoms with van der Waals surface area (Å²) in [5.41, 5.74) is 2.90. The number of pyridine rings is 1. The minimum Gasteiger partial charge on any atom is -0.462 e. The summed E-state index contributed by atoms with van der Waals surface area (Å²) in [5, 5.41) is 4.73. The van der Waals surface area contributed by atoms with E-state index in [9.17, 15) is 4.79 Å². The average Bonchev–Trinajstić information content (AvgIpc) is 2.51. The Hall–Kier alpha value is -1.85. The molecule has 0 saturated carbocycles. The van der Waals surface area contributed by atoms with E-state index in [1.165, 1.54) is 0 Å². The minimum absolute atomic E-state index is 0.314. The van der Waals surface area contributed by atoms with Crippen LogP contribution >= 0.6 is 11.6 Å². The fourth-order valence-electron chi connectivity index (χ4n) is 2.42. The van der Waals surface area contributed by atoms with Gasteiger partial charge in [0.05, 0.1) is 17.8 Å². The number of carbonyl (C=O) groups is 1. The van der Waals surface area contributed by atoms with Gasteiger partial charge in [-0.25, -0.2) is 4.79 Å². The van der Waals surface area contributed by atoms with E-state index < -0.39 is 5.97 Å². The van der Waals surface area contributed by atoms with Gasteiger partial charge in [0, 0.05) is 36.9 Å². The van der Waals surface area contributed by atoms with Gasteiger partial charge in [0.2, 0.25) is 0 Å². The predicted octanol–water partition coefficient (Wildman–Crippen LogP) is 3.82. The summed E-state index contributed by atoms with van der Waals surface area (Å²) in [4.78, 5) is 16.6. The number of nitrogens with one attached hydrogen (secondary N) is 1. The van der Waals surface area contributed by atoms with Gasteiger partial charge in [0.1, 0.15) is 5.56 Å². The molecule has 124 valence electrons. The zero-order valence-electron chi connectivity index (χ0n) is 13.6. The fourth-order valence-corrected chi connectivity index (χ4v) is 2.69. The summed E-state index contributed by atoms with van der Waals surface area (Å²) in [7, 11) is 1.66. The van der Waals surface area contributed by atoms with Crippen molar-refractivity contribution in [2.75, 3.05) is 32.2 Å². The van der Waals surface area contributed by atoms with Gasteiger partial charge < -0.3 is 14.8 Å². The van der Waals surface area contributed by atoms with Crippen molar-refractivity contribution in [2.24, 2.45) is 0 Å². The zero-order chi connectivity index (χ0) is 16.8. The largest absolute Gasteiger partial charge is 0.462 e. The third kappa shape index (κ3) is 4.12. The number of hydrogen-bond acceptors (Lipinski definition) is 5. The lowest BCUT2D eigenvalue weighted by Crippen LogP contribution is -2.13. The second kappa shape index (κ2) is 8.13. The SMILES string of the molecule is CCOC(=O)c1cnc2c(C)cc(Cl)cc2c1NCCCOC. The van der Waals surface area contributed by atoms with Crippen molar-refractivity contribution < 1.29 is 14.3 Å². The highest BCUT2D eigenvalue weighted by atomic mass is 35.5. The Balaban J connectivity index is 2.49. The van der Waals surface area contributed by atoms with E-state index in [2.05, 4.69) is 10.3 Å². The predicted molar refractivity (Wildman–Crippen MR) is 92.4 cm³/mol. The van der Waals surface area contributed by atoms with Crippen LogP contribution in [0.15, 0.2) is 18.3 Å². The molecule has 0 unspecified atom stereocenters. The van der Waals surface area contributed by atoms with Crippen LogP contribution in [0.2, 0.25) is 5.02 Å². The van der Waals surface area contributed by atoms with E-state index in [-0.39, 0.29) is 0 Å². The Morgan fingerprint density at radius 2 is 2.17 bits per heavy atom. The number of anilines is 1. The number of fused-ring (bicyclic) bond motifs is 1. The Bertz CT molecular complexity index is 704. The second-order valence-corrected chi connectivity index (χ2v) is 5.60. The molecular weight excluding hydrogens is 316 g/mol. The van der Waals surface area contributed by atoms with Gasteiger partial charge in [-0.15, -0.1) is 0 Å². The first-order valence-corrected chi connectivity index (χ1v) is 7.95. The van der Waals surface area contributed by atoms with Gasteiger partial charge in [0.15, 0.2) is 0 Å². The van der Waals surface area contributed by atoms with Gasteiger partial charge >= 0.3 is 5.97 Å². The van der Waals surface area contributed by atoms with Gasteiger partial charge in [-0.2, -0.15) is 0 Å². The molecule has 0 fully saturated rings. The summed E-state index contributed by atoms with van der Waals surface area (Å²) in [6.07, 6.45) is 2.38. The fraction of sp³-hybridized carbons (Fsp3) is 0.412. The Morgan fingerprint density at radius 1 is 1.39 bits per heavy atom. The summed E-state index contributed by atoms with van der Waals surface area (Å²) >= 11 is 6.18. The lowest BCUT2D eigenvalue weighted by Gasteiger charge is -2.15. The first-order valence-electron chi connectivity index (χ1n) is 7.57. The first-order chi connectivity index (χ1) is 11.1. The van der Waals surface area contributed by atoms with Crippen LogP contribution in [-0.4, -0.2) is 37.8 Å². The van der Waals surface area contributed by atoms with Crippen LogP contribution in [0.25, 0.3) is 10.9 Å². The molecule has 2 aromatic rings. The molecule has 0 spiro atoms. The summed E-state index contributed by atoms with van der Waals surface area (Å²) in [5.74, 6) is -0.395. The highest BCUT2D eigenvalue weighted by Crippen LogP contribution is 2.31. The van der Waals surface area contributed by atoms with Crippen molar-refractivity contribution in [3.05, 3.63) is 34.5 Å². The quantitative estimate of drug-likeness (QED) is 0.615. The Labute approximate surface area is 140 Å². The monoisotopic (exact) mass is 336 g/mol. The number of methoxy groups -OCH3 is 1. The van der Waals surface area contributed by atoms with Crippen LogP contribution in [0.4, 0.5) is 5.69 Å². The van der Waals surface area contributed by atoms with Gasteiger partial charge in [-0.3, -0.25) is 4.98 Å². The molecule has 23 heavy (non-hydrogen) atoms. The smallest absolute Gasteiger partial charge is 0.341 e. The Kier molecular flexibility index (Phi) is 6.19. The van der Waals surface area contributed by atoms with E-state index in [0.717, 1.165) is 22.9 Å². The molecule has 0 amide bonds. The van der Waals surface area contributed by atoms with Gasteiger partial charge in [0.25, 0.3) is 0 Å². The summed E-state index contributed by atoms with van der Waals surface area (Å²) in [6.45, 7) is 5.35. The number of rotatable bonds is 7. The number of hydrogen-bond donors (Lipinski definition) is 1. The number of ether oxygens (including phenoxy) is 2. The second-order valence-electron chi connectivity index (χ2n) is 5.16. The van der Waals surface area contributed by atoms with Crippen LogP contribution in [0.5, 0.6) is 0 Å². The number of halogens is 1. The molecule has 0 aliphatic carbocycles. The van der Waals surface area contributed by atoms with E-state index in [4.69, 9.17) is 21.1 Å². The molecule has 0 bridgehead atoms. The van der Waals surface area contributed by atoms with Crippen molar-refractivity contribution in [3.63, 3.8) is 0 Å². The van der Waals surface area contributed by atoms with Crippen molar-refractivity contribution >= 4 is 34.2 Å². The van der Waals surface area contributed by atoms with Crippen molar-refractivity contribution in [1.29, 1.82) is 0 Å². The number of aromatic nitrogens is 1. The van der Waals surface area contributed by atoms with Crippen molar-refractivity contribution in [1.82, 2.24) is 4.98 Å². The minimum atomic E-state index is -0.395. The molecule has 1 heterocycles. The molecular formula is C17H21ClN2O3. The number of benzene rings is 1. The van der Waals surface area contributed by atoms with Crippen LogP contribution in [0, 0.1) is 6.92 Å². The van der Waals surface area contributed by atoms with E-state index in [1.54, 1.807) is 20.2 Å². The van der Waals surface area contributed by atoms with E-state index >= 15 is 0 Å². The maximum absolute atomic E-state index is 12.2. The molecule has 0 atom stereocenters. The van der Waals surface area contributed by atoms with E-state index in [0.29, 0.717) is 36.0 Å². The Morgan fingerprint density at radius 3 is 2.87 bits per heavy atom. The van der Waals surface area contributed by atoms with Crippen LogP contribution in [0.3, 0.4) is 0 Å². The molecule has 0 saturated heterocycles. The lowest BCUT2D eigenvalue weighted by atomic mass is 10.1. The molecule has 0 aliphatic rings. The molecule has 0 aliphatic heterocycles. The van der Waals surface area contributed by atoms with Crippen LogP contribution < -0.4 is 5.32 Å². The molecule has 2 rings (SSSR count). The van der Waals surface area contributed by atoms with Crippen molar-refractivity contribution in [3.8, 4) is 0 Å². The average molecular weight is 337 g/mol. The zero-order valence-corrected chi connectivity index (χ0v) is 14.4. The van der Waals surface area contributed by atoms with Crippen molar-refractivity contribution in [2.45, 2.75) is 20.3 Å². The number of aryl methyl sites for hydroxylation is 1. The maximum atomic E-state index is 12.2. The third-order valence-electron chi connectivity index (χ3n) is 3.45. The maximum Gasteiger partial charge on any atom is 0.341 e. The van der Waals surface area contributed by atoms with Gasteiger partial charge in [-0.05, 0) is 38.0 Å².